The summed E-state index contributed by atoms with van der Waals surface area (Å²) in [4.78, 5) is 21.9. The van der Waals surface area contributed by atoms with Gasteiger partial charge in [0.2, 0.25) is 15.9 Å². The Hall–Kier alpha value is -1.19. The van der Waals surface area contributed by atoms with Crippen LogP contribution in [0.4, 0.5) is 0 Å². The van der Waals surface area contributed by atoms with Gasteiger partial charge < -0.3 is 15.2 Å². The van der Waals surface area contributed by atoms with Crippen LogP contribution in [0.25, 0.3) is 0 Å². The Balaban J connectivity index is 5.08. The maximum absolute atomic E-state index is 12.5. The van der Waals surface area contributed by atoms with E-state index in [4.69, 9.17) is 9.84 Å². The molecule has 0 aromatic rings. The maximum atomic E-state index is 12.5. The molecule has 0 fully saturated rings. The number of nitrogens with zero attached hydrogens (tertiary/aromatic N) is 1. The van der Waals surface area contributed by atoms with Gasteiger partial charge in [-0.05, 0) is 20.3 Å². The Morgan fingerprint density at radius 3 is 2.33 bits per heavy atom. The summed E-state index contributed by atoms with van der Waals surface area (Å²) in [5.74, 6) is -1.54. The fourth-order valence-corrected chi connectivity index (χ4v) is 3.40. The lowest BCUT2D eigenvalue weighted by atomic mass is 10.3. The molecule has 0 heterocycles. The number of carbonyl (C=O) groups excluding carboxylic acids is 1. The average molecular weight is 324 g/mol. The molecule has 2 atom stereocenters. The molecule has 0 spiro atoms. The number of sulfonamides is 1. The highest BCUT2D eigenvalue weighted by molar-refractivity contribution is 7.89. The second-order valence-corrected chi connectivity index (χ2v) is 7.05. The third-order valence-corrected chi connectivity index (χ3v) is 5.46. The first-order valence-electron chi connectivity index (χ1n) is 6.61. The number of aliphatic carboxylic acids is 1. The summed E-state index contributed by atoms with van der Waals surface area (Å²) in [7, 11) is -2.33. The molecule has 0 aliphatic carbocycles. The van der Waals surface area contributed by atoms with Crippen LogP contribution in [0, 0.1) is 0 Å². The molecule has 124 valence electrons. The van der Waals surface area contributed by atoms with Gasteiger partial charge in [-0.25, -0.2) is 8.42 Å². The zero-order valence-corrected chi connectivity index (χ0v) is 13.6. The fourth-order valence-electron chi connectivity index (χ4n) is 1.67. The van der Waals surface area contributed by atoms with E-state index in [-0.39, 0.29) is 32.0 Å². The van der Waals surface area contributed by atoms with Gasteiger partial charge in [0.05, 0.1) is 5.25 Å². The second-order valence-electron chi connectivity index (χ2n) is 4.74. The first-order valence-corrected chi connectivity index (χ1v) is 8.11. The van der Waals surface area contributed by atoms with Crippen LogP contribution in [-0.4, -0.2) is 67.8 Å². The van der Waals surface area contributed by atoms with Gasteiger partial charge >= 0.3 is 5.97 Å². The van der Waals surface area contributed by atoms with E-state index >= 15 is 0 Å². The van der Waals surface area contributed by atoms with Crippen LogP contribution in [0.3, 0.4) is 0 Å². The number of hydrogen-bond acceptors (Lipinski definition) is 5. The number of ether oxygens (including phenoxy) is 1. The maximum Gasteiger partial charge on any atom is 0.321 e. The summed E-state index contributed by atoms with van der Waals surface area (Å²) < 4.78 is 30.7. The Kier molecular flexibility index (Phi) is 8.45. The zero-order valence-electron chi connectivity index (χ0n) is 12.8. The monoisotopic (exact) mass is 324 g/mol. The van der Waals surface area contributed by atoms with Gasteiger partial charge in [0.1, 0.15) is 6.04 Å². The Bertz CT molecular complexity index is 451. The average Bonchev–Trinajstić information content (AvgIpc) is 2.39. The summed E-state index contributed by atoms with van der Waals surface area (Å²) in [6.07, 6.45) is 0.266. The predicted molar refractivity (Wildman–Crippen MR) is 77.4 cm³/mol. The molecule has 0 radical (unpaired) electrons. The molecule has 21 heavy (non-hydrogen) atoms. The molecule has 0 saturated heterocycles. The van der Waals surface area contributed by atoms with Gasteiger partial charge in [-0.1, -0.05) is 0 Å². The molecule has 0 rings (SSSR count). The summed E-state index contributed by atoms with van der Waals surface area (Å²) in [6.45, 7) is 4.35. The molecule has 8 nitrogen and oxygen atoms in total. The van der Waals surface area contributed by atoms with Crippen molar-refractivity contribution < 1.29 is 27.9 Å². The highest BCUT2D eigenvalue weighted by Gasteiger charge is 2.35. The lowest BCUT2D eigenvalue weighted by Crippen LogP contribution is -2.49. The minimum Gasteiger partial charge on any atom is -0.480 e. The molecule has 0 aliphatic heterocycles. The van der Waals surface area contributed by atoms with E-state index in [9.17, 15) is 18.0 Å². The molecule has 0 aliphatic rings. The van der Waals surface area contributed by atoms with E-state index < -0.39 is 27.3 Å². The molecule has 0 aromatic carbocycles. The number of methoxy groups -OCH3 is 1. The van der Waals surface area contributed by atoms with Gasteiger partial charge in [-0.3, -0.25) is 9.59 Å². The van der Waals surface area contributed by atoms with Crippen LogP contribution in [0.1, 0.15) is 27.2 Å². The van der Waals surface area contributed by atoms with Crippen molar-refractivity contribution in [3.8, 4) is 0 Å². The van der Waals surface area contributed by atoms with Crippen LogP contribution in [0.5, 0.6) is 0 Å². The van der Waals surface area contributed by atoms with Crippen molar-refractivity contribution in [2.45, 2.75) is 38.5 Å². The van der Waals surface area contributed by atoms with Gasteiger partial charge in [0.25, 0.3) is 0 Å². The van der Waals surface area contributed by atoms with E-state index in [1.54, 1.807) is 0 Å². The van der Waals surface area contributed by atoms with Gasteiger partial charge in [-0.2, -0.15) is 4.31 Å². The molecule has 9 heteroatoms. The number of hydrogen-bond donors (Lipinski definition) is 2. The summed E-state index contributed by atoms with van der Waals surface area (Å²) >= 11 is 0. The van der Waals surface area contributed by atoms with Crippen molar-refractivity contribution in [1.82, 2.24) is 9.62 Å². The van der Waals surface area contributed by atoms with E-state index in [2.05, 4.69) is 5.32 Å². The van der Waals surface area contributed by atoms with Crippen molar-refractivity contribution in [1.29, 1.82) is 0 Å². The number of carboxylic acid groups (broad SMARTS) is 1. The molecular formula is C12H24N2O6S. The molecule has 0 bridgehead atoms. The lowest BCUT2D eigenvalue weighted by Gasteiger charge is -2.28. The number of nitrogens with one attached hydrogen (secondary N) is 1. The highest BCUT2D eigenvalue weighted by Crippen LogP contribution is 2.15. The molecule has 2 N–H and O–H groups in total. The third kappa shape index (κ3) is 6.40. The number of carbonyl (C=O) groups is 2. The molecule has 0 saturated carbocycles. The van der Waals surface area contributed by atoms with E-state index in [0.29, 0.717) is 0 Å². The molecule has 0 aromatic heterocycles. The summed E-state index contributed by atoms with van der Waals surface area (Å²) in [5, 5.41) is 10.8. The SMILES string of the molecule is COCCC(C)S(=O)(=O)N(CCNC(C)=O)C(C)C(=O)O. The van der Waals surface area contributed by atoms with Gasteiger partial charge in [0, 0.05) is 33.7 Å². The zero-order chi connectivity index (χ0) is 16.6. The fraction of sp³-hybridized carbons (Fsp3) is 0.833. The normalized spacial score (nSPS) is 14.7. The van der Waals surface area contributed by atoms with Crippen molar-refractivity contribution in [2.75, 3.05) is 26.8 Å². The molecular weight excluding hydrogens is 300 g/mol. The molecule has 2 unspecified atom stereocenters. The quantitative estimate of drug-likeness (QED) is 0.568. The van der Waals surface area contributed by atoms with E-state index in [1.165, 1.54) is 27.9 Å². The first kappa shape index (κ1) is 19.8. The van der Waals surface area contributed by atoms with Crippen molar-refractivity contribution in [2.24, 2.45) is 0 Å². The van der Waals surface area contributed by atoms with Crippen molar-refractivity contribution in [3.63, 3.8) is 0 Å². The smallest absolute Gasteiger partial charge is 0.321 e. The minimum absolute atomic E-state index is 0.0587. The Labute approximate surface area is 125 Å². The summed E-state index contributed by atoms with van der Waals surface area (Å²) in [5.41, 5.74) is 0. The minimum atomic E-state index is -3.79. The van der Waals surface area contributed by atoms with Crippen LogP contribution < -0.4 is 5.32 Å². The predicted octanol–water partition coefficient (Wildman–Crippen LogP) is -0.348. The number of amides is 1. The van der Waals surface area contributed by atoms with E-state index in [0.717, 1.165) is 4.31 Å². The van der Waals surface area contributed by atoms with Crippen LogP contribution >= 0.6 is 0 Å². The van der Waals surface area contributed by atoms with E-state index in [1.807, 2.05) is 0 Å². The van der Waals surface area contributed by atoms with Gasteiger partial charge in [-0.15, -0.1) is 0 Å². The Morgan fingerprint density at radius 2 is 1.90 bits per heavy atom. The largest absolute Gasteiger partial charge is 0.480 e. The van der Waals surface area contributed by atoms with Crippen LogP contribution in [0.2, 0.25) is 0 Å². The van der Waals surface area contributed by atoms with Gasteiger partial charge in [0.15, 0.2) is 0 Å². The molecule has 1 amide bonds. The van der Waals surface area contributed by atoms with Crippen LogP contribution in [-0.2, 0) is 24.3 Å². The Morgan fingerprint density at radius 1 is 1.33 bits per heavy atom. The summed E-state index contributed by atoms with van der Waals surface area (Å²) in [6, 6.07) is -1.20. The van der Waals surface area contributed by atoms with Crippen LogP contribution in [0.15, 0.2) is 0 Å². The highest BCUT2D eigenvalue weighted by atomic mass is 32.2. The van der Waals surface area contributed by atoms with Crippen molar-refractivity contribution in [3.05, 3.63) is 0 Å². The van der Waals surface area contributed by atoms with Crippen molar-refractivity contribution >= 4 is 21.9 Å². The number of rotatable bonds is 10. The number of carboxylic acids is 1. The second kappa shape index (κ2) is 8.96. The topological polar surface area (TPSA) is 113 Å². The lowest BCUT2D eigenvalue weighted by molar-refractivity contribution is -0.140. The first-order chi connectivity index (χ1) is 9.64. The standard InChI is InChI=1S/C12H24N2O6S/c1-9(5-8-20-4)21(18,19)14(10(2)12(16)17)7-6-13-11(3)15/h9-10H,5-8H2,1-4H3,(H,13,15)(H,16,17). The third-order valence-electron chi connectivity index (χ3n) is 3.06.